The summed E-state index contributed by atoms with van der Waals surface area (Å²) in [5.74, 6) is 0. The molecule has 0 aromatic heterocycles. The first-order chi connectivity index (χ1) is 6.77. The van der Waals surface area contributed by atoms with Crippen molar-refractivity contribution in [3.63, 3.8) is 0 Å². The number of halogens is 3. The van der Waals surface area contributed by atoms with Gasteiger partial charge in [-0.15, -0.1) is 0 Å². The first-order valence-electron chi connectivity index (χ1n) is 4.45. The molecule has 1 unspecified atom stereocenters. The third kappa shape index (κ3) is 10.2. The van der Waals surface area contributed by atoms with E-state index < -0.39 is 20.6 Å². The first kappa shape index (κ1) is 14.9. The topological polar surface area (TPSA) is 55.8 Å². The summed E-state index contributed by atoms with van der Waals surface area (Å²) in [7, 11) is -4.55. The average Bonchev–Trinajstić information content (AvgIpc) is 2.09. The van der Waals surface area contributed by atoms with Crippen molar-refractivity contribution in [2.75, 3.05) is 13.2 Å². The van der Waals surface area contributed by atoms with Crippen LogP contribution in [0, 0.1) is 0 Å². The molecule has 0 rings (SSSR count). The highest BCUT2D eigenvalue weighted by Crippen LogP contribution is 2.44. The third-order valence-corrected chi connectivity index (χ3v) is 2.36. The predicted molar refractivity (Wildman–Crippen MR) is 47.3 cm³/mol. The number of alkyl halides is 3. The lowest BCUT2D eigenvalue weighted by molar-refractivity contribution is -0.157. The SMILES string of the molecule is CCCCCOP(=O)(O)OCC(F)(F)F. The van der Waals surface area contributed by atoms with Gasteiger partial charge in [-0.25, -0.2) is 4.57 Å². The van der Waals surface area contributed by atoms with Crippen LogP contribution in [0.15, 0.2) is 0 Å². The Morgan fingerprint density at radius 1 is 1.27 bits per heavy atom. The molecule has 0 saturated heterocycles. The van der Waals surface area contributed by atoms with Gasteiger partial charge in [0, 0.05) is 0 Å². The van der Waals surface area contributed by atoms with E-state index in [1.165, 1.54) is 0 Å². The van der Waals surface area contributed by atoms with Crippen LogP contribution in [0.25, 0.3) is 0 Å². The second kappa shape index (κ2) is 6.48. The third-order valence-electron chi connectivity index (χ3n) is 1.39. The van der Waals surface area contributed by atoms with Crippen molar-refractivity contribution in [3.05, 3.63) is 0 Å². The minimum atomic E-state index is -4.63. The van der Waals surface area contributed by atoms with Crippen molar-refractivity contribution in [1.82, 2.24) is 0 Å². The van der Waals surface area contributed by atoms with Gasteiger partial charge in [-0.2, -0.15) is 13.2 Å². The van der Waals surface area contributed by atoms with E-state index in [1.54, 1.807) is 0 Å². The van der Waals surface area contributed by atoms with E-state index in [0.717, 1.165) is 12.8 Å². The summed E-state index contributed by atoms with van der Waals surface area (Å²) >= 11 is 0. The Morgan fingerprint density at radius 2 is 1.87 bits per heavy atom. The zero-order valence-corrected chi connectivity index (χ0v) is 9.18. The Labute approximate surface area is 86.0 Å². The monoisotopic (exact) mass is 250 g/mol. The van der Waals surface area contributed by atoms with E-state index in [0.29, 0.717) is 6.42 Å². The number of hydrogen-bond donors (Lipinski definition) is 1. The number of phosphoric ester groups is 1. The van der Waals surface area contributed by atoms with Crippen LogP contribution in [0.4, 0.5) is 13.2 Å². The van der Waals surface area contributed by atoms with Crippen molar-refractivity contribution >= 4 is 7.82 Å². The van der Waals surface area contributed by atoms with Crippen LogP contribution in [0.2, 0.25) is 0 Å². The fraction of sp³-hybridized carbons (Fsp3) is 1.00. The van der Waals surface area contributed by atoms with Gasteiger partial charge in [0.25, 0.3) is 0 Å². The summed E-state index contributed by atoms with van der Waals surface area (Å²) in [6.07, 6.45) is -2.47. The van der Waals surface area contributed by atoms with Crippen molar-refractivity contribution in [3.8, 4) is 0 Å². The molecule has 0 aromatic carbocycles. The van der Waals surface area contributed by atoms with Crippen molar-refractivity contribution in [1.29, 1.82) is 0 Å². The van der Waals surface area contributed by atoms with Crippen molar-refractivity contribution in [2.24, 2.45) is 0 Å². The van der Waals surface area contributed by atoms with Crippen LogP contribution >= 0.6 is 7.82 Å². The van der Waals surface area contributed by atoms with E-state index >= 15 is 0 Å². The van der Waals surface area contributed by atoms with Crippen LogP contribution in [0.5, 0.6) is 0 Å². The standard InChI is InChI=1S/C7H14F3O4P/c1-2-3-4-5-13-15(11,12)14-6-7(8,9)10/h2-6H2,1H3,(H,11,12). The molecule has 1 N–H and O–H groups in total. The molecule has 0 aliphatic heterocycles. The summed E-state index contributed by atoms with van der Waals surface area (Å²) in [5.41, 5.74) is 0. The fourth-order valence-electron chi connectivity index (χ4n) is 0.724. The smallest absolute Gasteiger partial charge is 0.302 e. The summed E-state index contributed by atoms with van der Waals surface area (Å²) < 4.78 is 53.7. The molecule has 4 nitrogen and oxygen atoms in total. The van der Waals surface area contributed by atoms with Gasteiger partial charge in [0.1, 0.15) is 0 Å². The lowest BCUT2D eigenvalue weighted by Gasteiger charge is -2.13. The number of rotatable bonds is 7. The molecular weight excluding hydrogens is 236 g/mol. The molecule has 0 fully saturated rings. The lowest BCUT2D eigenvalue weighted by Crippen LogP contribution is -2.16. The maximum atomic E-state index is 11.6. The molecule has 1 atom stereocenters. The van der Waals surface area contributed by atoms with Crippen LogP contribution in [-0.4, -0.2) is 24.3 Å². The van der Waals surface area contributed by atoms with Gasteiger partial charge in [0.15, 0.2) is 6.61 Å². The van der Waals surface area contributed by atoms with Gasteiger partial charge in [0.05, 0.1) is 6.61 Å². The highest BCUT2D eigenvalue weighted by Gasteiger charge is 2.33. The minimum absolute atomic E-state index is 0.0839. The molecule has 0 heterocycles. The van der Waals surface area contributed by atoms with E-state index in [-0.39, 0.29) is 6.61 Å². The maximum Gasteiger partial charge on any atom is 0.472 e. The van der Waals surface area contributed by atoms with E-state index in [9.17, 15) is 17.7 Å². The molecule has 0 aliphatic carbocycles. The quantitative estimate of drug-likeness (QED) is 0.557. The molecule has 0 aromatic rings. The predicted octanol–water partition coefficient (Wildman–Crippen LogP) is 2.87. The van der Waals surface area contributed by atoms with Gasteiger partial charge in [-0.1, -0.05) is 19.8 Å². The Morgan fingerprint density at radius 3 is 2.33 bits per heavy atom. The molecule has 0 radical (unpaired) electrons. The van der Waals surface area contributed by atoms with Gasteiger partial charge in [-0.3, -0.25) is 9.05 Å². The largest absolute Gasteiger partial charge is 0.472 e. The second-order valence-corrected chi connectivity index (χ2v) is 4.35. The average molecular weight is 250 g/mol. The van der Waals surface area contributed by atoms with E-state index in [4.69, 9.17) is 4.89 Å². The number of hydrogen-bond acceptors (Lipinski definition) is 3. The molecule has 15 heavy (non-hydrogen) atoms. The normalized spacial score (nSPS) is 16.3. The molecule has 92 valence electrons. The molecule has 0 bridgehead atoms. The molecular formula is C7H14F3O4P. The van der Waals surface area contributed by atoms with Crippen LogP contribution in [0.1, 0.15) is 26.2 Å². The molecule has 8 heteroatoms. The Kier molecular flexibility index (Phi) is 6.43. The molecule has 0 saturated carbocycles. The van der Waals surface area contributed by atoms with Gasteiger partial charge in [-0.05, 0) is 6.42 Å². The Balaban J connectivity index is 3.73. The first-order valence-corrected chi connectivity index (χ1v) is 5.95. The zero-order chi connectivity index (χ0) is 11.9. The van der Waals surface area contributed by atoms with Gasteiger partial charge >= 0.3 is 14.0 Å². The summed E-state index contributed by atoms with van der Waals surface area (Å²) in [5, 5.41) is 0. The van der Waals surface area contributed by atoms with Gasteiger partial charge in [0.2, 0.25) is 0 Å². The van der Waals surface area contributed by atoms with Crippen LogP contribution in [0.3, 0.4) is 0 Å². The van der Waals surface area contributed by atoms with Crippen molar-refractivity contribution in [2.45, 2.75) is 32.4 Å². The summed E-state index contributed by atoms with van der Waals surface area (Å²) in [4.78, 5) is 8.79. The second-order valence-electron chi connectivity index (χ2n) is 2.90. The summed E-state index contributed by atoms with van der Waals surface area (Å²) in [6.45, 7) is 0.0483. The summed E-state index contributed by atoms with van der Waals surface area (Å²) in [6, 6.07) is 0. The van der Waals surface area contributed by atoms with Crippen LogP contribution in [-0.2, 0) is 13.6 Å². The van der Waals surface area contributed by atoms with E-state index in [1.807, 2.05) is 6.92 Å². The fourth-order valence-corrected chi connectivity index (χ4v) is 1.47. The molecule has 0 spiro atoms. The Bertz CT molecular complexity index is 219. The van der Waals surface area contributed by atoms with Gasteiger partial charge < -0.3 is 4.89 Å². The zero-order valence-electron chi connectivity index (χ0n) is 8.29. The molecule has 0 amide bonds. The van der Waals surface area contributed by atoms with Crippen LogP contribution < -0.4 is 0 Å². The minimum Gasteiger partial charge on any atom is -0.302 e. The number of phosphoric acid groups is 1. The maximum absolute atomic E-state index is 11.6. The highest BCUT2D eigenvalue weighted by molar-refractivity contribution is 7.47. The Hall–Kier alpha value is -0.100. The number of unbranched alkanes of at least 4 members (excludes halogenated alkanes) is 2. The lowest BCUT2D eigenvalue weighted by atomic mass is 10.3. The molecule has 0 aliphatic rings. The van der Waals surface area contributed by atoms with E-state index in [2.05, 4.69) is 9.05 Å². The van der Waals surface area contributed by atoms with Crippen molar-refractivity contribution < 1.29 is 31.7 Å². The highest BCUT2D eigenvalue weighted by atomic mass is 31.2.